The number of nitrogens with zero attached hydrogens (tertiary/aromatic N) is 1. The van der Waals surface area contributed by atoms with Crippen LogP contribution in [0, 0.1) is 0 Å². The van der Waals surface area contributed by atoms with Crippen LogP contribution < -0.4 is 0 Å². The lowest BCUT2D eigenvalue weighted by molar-refractivity contribution is 0.157. The predicted molar refractivity (Wildman–Crippen MR) is 55.8 cm³/mol. The average Bonchev–Trinajstić information content (AvgIpc) is 2.43. The normalized spacial score (nSPS) is 30.2. The van der Waals surface area contributed by atoms with E-state index in [1.807, 2.05) is 0 Å². The lowest BCUT2D eigenvalue weighted by Crippen LogP contribution is -2.35. The van der Waals surface area contributed by atoms with Gasteiger partial charge in [0.05, 0.1) is 6.10 Å². The molecule has 1 heterocycles. The fourth-order valence-electron chi connectivity index (χ4n) is 2.27. The molecule has 0 unspecified atom stereocenters. The Hall–Kier alpha value is -0.0800. The first kappa shape index (κ1) is 11.0. The molecule has 0 aromatic heterocycles. The molecule has 1 saturated heterocycles. The third-order valence-corrected chi connectivity index (χ3v) is 2.99. The Morgan fingerprint density at radius 2 is 2.15 bits per heavy atom. The highest BCUT2D eigenvalue weighted by Crippen LogP contribution is 2.24. The first-order valence-electron chi connectivity index (χ1n) is 5.59. The lowest BCUT2D eigenvalue weighted by atomic mass is 10.1. The van der Waals surface area contributed by atoms with Crippen molar-refractivity contribution in [2.45, 2.75) is 64.6 Å². The average molecular weight is 185 g/mol. The van der Waals surface area contributed by atoms with Crippen LogP contribution in [0.25, 0.3) is 0 Å². The first-order valence-corrected chi connectivity index (χ1v) is 5.59. The Morgan fingerprint density at radius 3 is 2.69 bits per heavy atom. The summed E-state index contributed by atoms with van der Waals surface area (Å²) in [5.41, 5.74) is 0. The fourth-order valence-corrected chi connectivity index (χ4v) is 2.27. The van der Waals surface area contributed by atoms with E-state index >= 15 is 0 Å². The Morgan fingerprint density at radius 1 is 1.46 bits per heavy atom. The van der Waals surface area contributed by atoms with E-state index in [1.165, 1.54) is 19.3 Å². The van der Waals surface area contributed by atoms with Crippen LogP contribution >= 0.6 is 0 Å². The van der Waals surface area contributed by atoms with Crippen molar-refractivity contribution in [1.82, 2.24) is 4.90 Å². The van der Waals surface area contributed by atoms with Crippen LogP contribution in [0.5, 0.6) is 0 Å². The summed E-state index contributed by atoms with van der Waals surface area (Å²) in [5.74, 6) is 0. The molecule has 0 spiro atoms. The van der Waals surface area contributed by atoms with Crippen LogP contribution in [-0.4, -0.2) is 34.7 Å². The summed E-state index contributed by atoms with van der Waals surface area (Å²) in [6.07, 6.45) is 4.72. The van der Waals surface area contributed by atoms with Gasteiger partial charge in [0.15, 0.2) is 0 Å². The quantitative estimate of drug-likeness (QED) is 0.724. The maximum Gasteiger partial charge on any atom is 0.0682 e. The maximum atomic E-state index is 9.58. The van der Waals surface area contributed by atoms with Gasteiger partial charge in [-0.25, -0.2) is 0 Å². The van der Waals surface area contributed by atoms with Crippen LogP contribution in [0.4, 0.5) is 0 Å². The second kappa shape index (κ2) is 4.97. The SMILES string of the molecule is CCCC[C@@H]1C[C@@H](O)CN1C(C)C. The molecule has 0 aromatic carbocycles. The van der Waals surface area contributed by atoms with E-state index in [2.05, 4.69) is 25.7 Å². The summed E-state index contributed by atoms with van der Waals surface area (Å²) in [7, 11) is 0. The van der Waals surface area contributed by atoms with E-state index in [0.717, 1.165) is 13.0 Å². The fraction of sp³-hybridized carbons (Fsp3) is 1.00. The summed E-state index contributed by atoms with van der Waals surface area (Å²) >= 11 is 0. The van der Waals surface area contributed by atoms with Gasteiger partial charge < -0.3 is 5.11 Å². The summed E-state index contributed by atoms with van der Waals surface area (Å²) < 4.78 is 0. The minimum absolute atomic E-state index is 0.0794. The van der Waals surface area contributed by atoms with Crippen molar-refractivity contribution < 1.29 is 5.11 Å². The van der Waals surface area contributed by atoms with Crippen LogP contribution in [0.2, 0.25) is 0 Å². The molecule has 1 rings (SSSR count). The molecular formula is C11H23NO. The largest absolute Gasteiger partial charge is 0.392 e. The van der Waals surface area contributed by atoms with E-state index in [1.54, 1.807) is 0 Å². The molecule has 0 bridgehead atoms. The first-order chi connectivity index (χ1) is 6.15. The molecule has 2 atom stereocenters. The Labute approximate surface area is 81.9 Å². The van der Waals surface area contributed by atoms with Gasteiger partial charge in [-0.3, -0.25) is 4.90 Å². The van der Waals surface area contributed by atoms with Gasteiger partial charge in [-0.15, -0.1) is 0 Å². The Balaban J connectivity index is 2.41. The van der Waals surface area contributed by atoms with Crippen molar-refractivity contribution >= 4 is 0 Å². The molecule has 1 aliphatic heterocycles. The molecule has 78 valence electrons. The number of hydrogen-bond acceptors (Lipinski definition) is 2. The zero-order chi connectivity index (χ0) is 9.84. The molecule has 0 aliphatic carbocycles. The second-order valence-electron chi connectivity index (χ2n) is 4.48. The molecule has 13 heavy (non-hydrogen) atoms. The zero-order valence-corrected chi connectivity index (χ0v) is 9.16. The van der Waals surface area contributed by atoms with E-state index < -0.39 is 0 Å². The van der Waals surface area contributed by atoms with E-state index in [0.29, 0.717) is 12.1 Å². The molecule has 0 aromatic rings. The highest BCUT2D eigenvalue weighted by atomic mass is 16.3. The number of β-amino-alcohol motifs (C(OH)–C–C–N with tert-alkyl or cyclic N) is 1. The second-order valence-corrected chi connectivity index (χ2v) is 4.48. The van der Waals surface area contributed by atoms with Crippen molar-refractivity contribution in [3.05, 3.63) is 0 Å². The zero-order valence-electron chi connectivity index (χ0n) is 9.16. The molecule has 0 radical (unpaired) electrons. The number of hydrogen-bond donors (Lipinski definition) is 1. The molecule has 0 saturated carbocycles. The smallest absolute Gasteiger partial charge is 0.0682 e. The number of likely N-dealkylation sites (tertiary alicyclic amines) is 1. The number of aliphatic hydroxyl groups is 1. The topological polar surface area (TPSA) is 23.5 Å². The van der Waals surface area contributed by atoms with Crippen molar-refractivity contribution in [3.8, 4) is 0 Å². The highest BCUT2D eigenvalue weighted by Gasteiger charge is 2.31. The number of rotatable bonds is 4. The minimum Gasteiger partial charge on any atom is -0.392 e. The summed E-state index contributed by atoms with van der Waals surface area (Å²) in [6.45, 7) is 7.55. The molecule has 2 nitrogen and oxygen atoms in total. The van der Waals surface area contributed by atoms with Gasteiger partial charge >= 0.3 is 0 Å². The van der Waals surface area contributed by atoms with Crippen molar-refractivity contribution in [1.29, 1.82) is 0 Å². The standard InChI is InChI=1S/C11H23NO/c1-4-5-6-10-7-11(13)8-12(10)9(2)3/h9-11,13H,4-8H2,1-3H3/t10-,11-/m1/s1. The van der Waals surface area contributed by atoms with Crippen LogP contribution in [0.15, 0.2) is 0 Å². The van der Waals surface area contributed by atoms with Gasteiger partial charge in [0, 0.05) is 18.6 Å². The van der Waals surface area contributed by atoms with Crippen LogP contribution in [0.1, 0.15) is 46.5 Å². The predicted octanol–water partition coefficient (Wildman–Crippen LogP) is 2.02. The van der Waals surface area contributed by atoms with Gasteiger partial charge in [-0.2, -0.15) is 0 Å². The van der Waals surface area contributed by atoms with Gasteiger partial charge in [0.1, 0.15) is 0 Å². The van der Waals surface area contributed by atoms with Gasteiger partial charge in [-0.05, 0) is 26.7 Å². The van der Waals surface area contributed by atoms with Crippen LogP contribution in [0.3, 0.4) is 0 Å². The van der Waals surface area contributed by atoms with Crippen molar-refractivity contribution in [2.75, 3.05) is 6.54 Å². The lowest BCUT2D eigenvalue weighted by Gasteiger charge is -2.27. The minimum atomic E-state index is -0.0794. The van der Waals surface area contributed by atoms with Gasteiger partial charge in [0.2, 0.25) is 0 Å². The summed E-state index contributed by atoms with van der Waals surface area (Å²) in [6, 6.07) is 1.22. The molecule has 0 amide bonds. The summed E-state index contributed by atoms with van der Waals surface area (Å²) in [4.78, 5) is 2.44. The number of aliphatic hydroxyl groups excluding tert-OH is 1. The molecular weight excluding hydrogens is 162 g/mol. The third-order valence-electron chi connectivity index (χ3n) is 2.99. The van der Waals surface area contributed by atoms with Crippen molar-refractivity contribution in [2.24, 2.45) is 0 Å². The maximum absolute atomic E-state index is 9.58. The molecule has 1 N–H and O–H groups in total. The molecule has 1 aliphatic rings. The van der Waals surface area contributed by atoms with Crippen molar-refractivity contribution in [3.63, 3.8) is 0 Å². The summed E-state index contributed by atoms with van der Waals surface area (Å²) in [5, 5.41) is 9.58. The molecule has 2 heteroatoms. The van der Waals surface area contributed by atoms with Gasteiger partial charge in [0.25, 0.3) is 0 Å². The van der Waals surface area contributed by atoms with E-state index in [9.17, 15) is 5.11 Å². The van der Waals surface area contributed by atoms with Gasteiger partial charge in [-0.1, -0.05) is 19.8 Å². The Kier molecular flexibility index (Phi) is 4.20. The van der Waals surface area contributed by atoms with Crippen LogP contribution in [-0.2, 0) is 0 Å². The highest BCUT2D eigenvalue weighted by molar-refractivity contribution is 4.86. The van der Waals surface area contributed by atoms with E-state index in [-0.39, 0.29) is 6.10 Å². The Bertz CT molecular complexity index is 147. The number of unbranched alkanes of at least 4 members (excludes halogenated alkanes) is 1. The monoisotopic (exact) mass is 185 g/mol. The molecule has 1 fully saturated rings. The van der Waals surface area contributed by atoms with E-state index in [4.69, 9.17) is 0 Å². The third kappa shape index (κ3) is 2.96.